The minimum absolute atomic E-state index is 0.0723. The molecule has 0 aromatic heterocycles. The number of amides is 1. The van der Waals surface area contributed by atoms with Gasteiger partial charge in [0.25, 0.3) is 5.91 Å². The van der Waals surface area contributed by atoms with Gasteiger partial charge in [-0.05, 0) is 42.8 Å². The van der Waals surface area contributed by atoms with Crippen molar-refractivity contribution in [2.24, 2.45) is 0 Å². The summed E-state index contributed by atoms with van der Waals surface area (Å²) in [6.07, 6.45) is -4.50. The molecule has 0 saturated heterocycles. The zero-order valence-corrected chi connectivity index (χ0v) is 14.4. The van der Waals surface area contributed by atoms with Crippen molar-refractivity contribution in [3.63, 3.8) is 0 Å². The number of hydrogen-bond donors (Lipinski definition) is 1. The Morgan fingerprint density at radius 2 is 1.80 bits per heavy atom. The van der Waals surface area contributed by atoms with Crippen molar-refractivity contribution in [2.45, 2.75) is 13.1 Å². The highest BCUT2D eigenvalue weighted by Gasteiger charge is 2.31. The molecule has 0 bridgehead atoms. The van der Waals surface area contributed by atoms with E-state index in [-0.39, 0.29) is 5.69 Å². The smallest absolute Gasteiger partial charge is 0.416 e. The average Bonchev–Trinajstić information content (AvgIpc) is 2.54. The van der Waals surface area contributed by atoms with Crippen molar-refractivity contribution in [1.82, 2.24) is 0 Å². The maximum absolute atomic E-state index is 13.1. The molecule has 134 valence electrons. The number of carbonyl (C=O) groups is 1. The van der Waals surface area contributed by atoms with Crippen LogP contribution in [0.25, 0.3) is 0 Å². The van der Waals surface area contributed by atoms with Crippen LogP contribution in [0, 0.1) is 6.92 Å². The normalized spacial score (nSPS) is 11.2. The zero-order chi connectivity index (χ0) is 18.8. The first-order chi connectivity index (χ1) is 11.6. The van der Waals surface area contributed by atoms with E-state index in [1.807, 2.05) is 6.92 Å². The van der Waals surface area contributed by atoms with E-state index in [0.717, 1.165) is 17.7 Å². The number of rotatable bonds is 4. The molecule has 2 aromatic carbocycles. The molecular formula is C18H19F3N2O2. The van der Waals surface area contributed by atoms with E-state index in [1.165, 1.54) is 13.2 Å². The Balaban J connectivity index is 2.35. The number of ether oxygens (including phenoxy) is 1. The largest absolute Gasteiger partial charge is 0.496 e. The molecule has 7 heteroatoms. The van der Waals surface area contributed by atoms with E-state index in [9.17, 15) is 18.0 Å². The fraction of sp³-hybridized carbons (Fsp3) is 0.278. The highest BCUT2D eigenvalue weighted by molar-refractivity contribution is 6.04. The van der Waals surface area contributed by atoms with Gasteiger partial charge in [-0.25, -0.2) is 0 Å². The number of benzene rings is 2. The van der Waals surface area contributed by atoms with Crippen LogP contribution >= 0.6 is 0 Å². The van der Waals surface area contributed by atoms with Gasteiger partial charge in [-0.1, -0.05) is 6.07 Å². The third-order valence-corrected chi connectivity index (χ3v) is 3.69. The Morgan fingerprint density at radius 1 is 1.12 bits per heavy atom. The lowest BCUT2D eigenvalue weighted by Crippen LogP contribution is -2.16. The number of methoxy groups -OCH3 is 1. The minimum Gasteiger partial charge on any atom is -0.496 e. The summed E-state index contributed by atoms with van der Waals surface area (Å²) in [6, 6.07) is 8.28. The summed E-state index contributed by atoms with van der Waals surface area (Å²) in [7, 11) is 4.75. The second kappa shape index (κ2) is 7.04. The van der Waals surface area contributed by atoms with E-state index in [0.29, 0.717) is 17.0 Å². The van der Waals surface area contributed by atoms with Crippen LogP contribution in [0.15, 0.2) is 36.4 Å². The second-order valence-corrected chi connectivity index (χ2v) is 5.80. The van der Waals surface area contributed by atoms with Crippen LogP contribution in [0.4, 0.5) is 24.5 Å². The highest BCUT2D eigenvalue weighted by Crippen LogP contribution is 2.34. The third-order valence-electron chi connectivity index (χ3n) is 3.69. The number of halogens is 3. The SMILES string of the molecule is COc1cc(C(=O)Nc2cc(N(C)C)cc(C(F)(F)F)c2)ccc1C. The summed E-state index contributed by atoms with van der Waals surface area (Å²) < 4.78 is 44.4. The summed E-state index contributed by atoms with van der Waals surface area (Å²) >= 11 is 0. The van der Waals surface area contributed by atoms with Crippen LogP contribution in [0.1, 0.15) is 21.5 Å². The first kappa shape index (κ1) is 18.6. The van der Waals surface area contributed by atoms with Crippen LogP contribution in [0.5, 0.6) is 5.75 Å². The van der Waals surface area contributed by atoms with Crippen molar-refractivity contribution in [3.8, 4) is 5.75 Å². The molecule has 0 saturated carbocycles. The molecule has 0 fully saturated rings. The fourth-order valence-corrected chi connectivity index (χ4v) is 2.27. The van der Waals surface area contributed by atoms with Gasteiger partial charge >= 0.3 is 6.18 Å². The number of carbonyl (C=O) groups excluding carboxylic acids is 1. The monoisotopic (exact) mass is 352 g/mol. The molecular weight excluding hydrogens is 333 g/mol. The summed E-state index contributed by atoms with van der Waals surface area (Å²) in [5.41, 5.74) is 0.740. The van der Waals surface area contributed by atoms with Gasteiger partial charge in [-0.15, -0.1) is 0 Å². The molecule has 1 amide bonds. The number of alkyl halides is 3. The van der Waals surface area contributed by atoms with E-state index >= 15 is 0 Å². The van der Waals surface area contributed by atoms with Crippen LogP contribution < -0.4 is 15.0 Å². The maximum Gasteiger partial charge on any atom is 0.416 e. The van der Waals surface area contributed by atoms with Gasteiger partial charge in [-0.2, -0.15) is 13.2 Å². The lowest BCUT2D eigenvalue weighted by Gasteiger charge is -2.18. The van der Waals surface area contributed by atoms with Gasteiger partial charge in [-0.3, -0.25) is 4.79 Å². The number of anilines is 2. The Hall–Kier alpha value is -2.70. The molecule has 2 aromatic rings. The lowest BCUT2D eigenvalue weighted by molar-refractivity contribution is -0.137. The van der Waals surface area contributed by atoms with E-state index in [2.05, 4.69) is 5.32 Å². The molecule has 0 aliphatic heterocycles. The predicted octanol–water partition coefficient (Wildman–Crippen LogP) is 4.34. The molecule has 0 heterocycles. The van der Waals surface area contributed by atoms with Crippen molar-refractivity contribution in [1.29, 1.82) is 0 Å². The summed E-state index contributed by atoms with van der Waals surface area (Å²) in [6.45, 7) is 1.83. The summed E-state index contributed by atoms with van der Waals surface area (Å²) in [5.74, 6) is 0.0213. The second-order valence-electron chi connectivity index (χ2n) is 5.80. The molecule has 0 unspecified atom stereocenters. The summed E-state index contributed by atoms with van der Waals surface area (Å²) in [5, 5.41) is 2.52. The Labute approximate surface area is 144 Å². The molecule has 0 spiro atoms. The van der Waals surface area contributed by atoms with Gasteiger partial charge in [0.2, 0.25) is 0 Å². The maximum atomic E-state index is 13.1. The molecule has 2 rings (SSSR count). The number of hydrogen-bond acceptors (Lipinski definition) is 3. The van der Waals surface area contributed by atoms with Gasteiger partial charge < -0.3 is 15.0 Å². The minimum atomic E-state index is -4.50. The van der Waals surface area contributed by atoms with Crippen molar-refractivity contribution in [3.05, 3.63) is 53.1 Å². The Kier molecular flexibility index (Phi) is 5.25. The molecule has 25 heavy (non-hydrogen) atoms. The van der Waals surface area contributed by atoms with Gasteiger partial charge in [0.05, 0.1) is 12.7 Å². The standard InChI is InChI=1S/C18H19F3N2O2/c1-11-5-6-12(7-16(11)25-4)17(24)22-14-8-13(18(19,20)21)9-15(10-14)23(2)3/h5-10H,1-4H3,(H,22,24). The fourth-order valence-electron chi connectivity index (χ4n) is 2.27. The predicted molar refractivity (Wildman–Crippen MR) is 91.5 cm³/mol. The van der Waals surface area contributed by atoms with E-state index < -0.39 is 17.6 Å². The molecule has 1 N–H and O–H groups in total. The van der Waals surface area contributed by atoms with E-state index in [4.69, 9.17) is 4.74 Å². The highest BCUT2D eigenvalue weighted by atomic mass is 19.4. The first-order valence-electron chi connectivity index (χ1n) is 7.47. The molecule has 0 atom stereocenters. The number of nitrogens with zero attached hydrogens (tertiary/aromatic N) is 1. The zero-order valence-electron chi connectivity index (χ0n) is 14.4. The summed E-state index contributed by atoms with van der Waals surface area (Å²) in [4.78, 5) is 13.9. The topological polar surface area (TPSA) is 41.6 Å². The molecule has 4 nitrogen and oxygen atoms in total. The van der Waals surface area contributed by atoms with Crippen LogP contribution in [0.3, 0.4) is 0 Å². The number of nitrogens with one attached hydrogen (secondary N) is 1. The van der Waals surface area contributed by atoms with Crippen LogP contribution in [0.2, 0.25) is 0 Å². The average molecular weight is 352 g/mol. The van der Waals surface area contributed by atoms with Gasteiger partial charge in [0.1, 0.15) is 5.75 Å². The first-order valence-corrected chi connectivity index (χ1v) is 7.47. The molecule has 0 aliphatic rings. The number of aryl methyl sites for hydroxylation is 1. The lowest BCUT2D eigenvalue weighted by atomic mass is 10.1. The molecule has 0 aliphatic carbocycles. The van der Waals surface area contributed by atoms with Crippen LogP contribution in [-0.2, 0) is 6.18 Å². The van der Waals surface area contributed by atoms with Crippen LogP contribution in [-0.4, -0.2) is 27.1 Å². The quantitative estimate of drug-likeness (QED) is 0.890. The Bertz CT molecular complexity index is 786. The van der Waals surface area contributed by atoms with Gasteiger partial charge in [0, 0.05) is 31.0 Å². The van der Waals surface area contributed by atoms with E-state index in [1.54, 1.807) is 37.2 Å². The van der Waals surface area contributed by atoms with Gasteiger partial charge in [0.15, 0.2) is 0 Å². The molecule has 0 radical (unpaired) electrons. The Morgan fingerprint density at radius 3 is 2.36 bits per heavy atom. The third kappa shape index (κ3) is 4.43. The van der Waals surface area contributed by atoms with Crippen molar-refractivity contribution >= 4 is 17.3 Å². The van der Waals surface area contributed by atoms with Crippen molar-refractivity contribution in [2.75, 3.05) is 31.4 Å². The van der Waals surface area contributed by atoms with Crippen molar-refractivity contribution < 1.29 is 22.7 Å².